The van der Waals surface area contributed by atoms with Crippen LogP contribution in [-0.2, 0) is 0 Å². The summed E-state index contributed by atoms with van der Waals surface area (Å²) in [6, 6.07) is 2.24. The SMILES string of the molecule is CCC[CH2][Ge]([Cl])([CH2]CC#N)[CH2]CCC. The fraction of sp³-hybridized carbons (Fsp3) is 0.909. The van der Waals surface area contributed by atoms with Gasteiger partial charge >= 0.3 is 95.4 Å². The molecule has 0 rings (SSSR count). The van der Waals surface area contributed by atoms with Crippen LogP contribution in [0.2, 0.25) is 15.8 Å². The third-order valence-corrected chi connectivity index (χ3v) is 13.2. The van der Waals surface area contributed by atoms with Crippen molar-refractivity contribution in [1.82, 2.24) is 0 Å². The molecule has 0 fully saturated rings. The standard InChI is InChI=1S/C11H22ClGeN/c1-3-5-8-13(12,9-6-4-2)10-7-11-14/h3-10H2,1-2H3. The summed E-state index contributed by atoms with van der Waals surface area (Å²) in [5, 5.41) is 12.1. The molecule has 0 N–H and O–H groups in total. The molecule has 0 bridgehead atoms. The van der Waals surface area contributed by atoms with Crippen molar-refractivity contribution in [3.63, 3.8) is 0 Å². The first kappa shape index (κ1) is 14.3. The molecule has 0 saturated carbocycles. The molecule has 0 aliphatic heterocycles. The zero-order valence-electron chi connectivity index (χ0n) is 9.48. The second-order valence-corrected chi connectivity index (χ2v) is 16.2. The van der Waals surface area contributed by atoms with Gasteiger partial charge in [-0.05, 0) is 0 Å². The van der Waals surface area contributed by atoms with Crippen molar-refractivity contribution in [1.29, 1.82) is 5.26 Å². The fourth-order valence-corrected chi connectivity index (χ4v) is 10.4. The Bertz CT molecular complexity index is 169. The number of rotatable bonds is 8. The van der Waals surface area contributed by atoms with Crippen molar-refractivity contribution in [2.45, 2.75) is 61.7 Å². The number of unbranched alkanes of at least 4 members (excludes halogenated alkanes) is 2. The van der Waals surface area contributed by atoms with Crippen LogP contribution in [0.3, 0.4) is 0 Å². The predicted octanol–water partition coefficient (Wildman–Crippen LogP) is 4.68. The fourth-order valence-electron chi connectivity index (χ4n) is 1.64. The third kappa shape index (κ3) is 6.73. The van der Waals surface area contributed by atoms with Gasteiger partial charge in [-0.1, -0.05) is 0 Å². The normalized spacial score (nSPS) is 11.3. The first-order valence-corrected chi connectivity index (χ1v) is 12.9. The molecular weight excluding hydrogens is 254 g/mol. The summed E-state index contributed by atoms with van der Waals surface area (Å²) in [6.07, 6.45) is 5.67. The van der Waals surface area contributed by atoms with E-state index in [1.807, 2.05) is 0 Å². The first-order valence-electron chi connectivity index (χ1n) is 5.74. The van der Waals surface area contributed by atoms with E-state index in [4.69, 9.17) is 15.3 Å². The summed E-state index contributed by atoms with van der Waals surface area (Å²) < 4.78 is 0. The number of nitriles is 1. The second kappa shape index (κ2) is 8.62. The maximum atomic E-state index is 8.60. The molecule has 82 valence electrons. The molecule has 0 atom stereocenters. The minimum atomic E-state index is -2.08. The molecular formula is C11H22ClGeN. The molecule has 14 heavy (non-hydrogen) atoms. The minimum absolute atomic E-state index is 0.678. The number of nitrogens with zero attached hydrogens (tertiary/aromatic N) is 1. The van der Waals surface area contributed by atoms with Crippen molar-refractivity contribution >= 4 is 22.3 Å². The number of hydrogen-bond acceptors (Lipinski definition) is 1. The van der Waals surface area contributed by atoms with Crippen molar-refractivity contribution < 1.29 is 0 Å². The summed E-state index contributed by atoms with van der Waals surface area (Å²) in [7, 11) is 6.71. The van der Waals surface area contributed by atoms with E-state index in [9.17, 15) is 0 Å². The van der Waals surface area contributed by atoms with Crippen molar-refractivity contribution in [3.05, 3.63) is 0 Å². The topological polar surface area (TPSA) is 23.8 Å². The predicted molar refractivity (Wildman–Crippen MR) is 66.1 cm³/mol. The monoisotopic (exact) mass is 277 g/mol. The van der Waals surface area contributed by atoms with E-state index in [0.717, 1.165) is 5.25 Å². The first-order chi connectivity index (χ1) is 6.68. The van der Waals surface area contributed by atoms with E-state index < -0.39 is 12.3 Å². The zero-order chi connectivity index (χ0) is 10.9. The van der Waals surface area contributed by atoms with Gasteiger partial charge in [0, 0.05) is 0 Å². The molecule has 0 aliphatic rings. The molecule has 0 aromatic rings. The average Bonchev–Trinajstić information content (AvgIpc) is 2.21. The summed E-state index contributed by atoms with van der Waals surface area (Å²) >= 11 is -2.08. The van der Waals surface area contributed by atoms with E-state index in [2.05, 4.69) is 19.9 Å². The number of hydrogen-bond donors (Lipinski definition) is 0. The van der Waals surface area contributed by atoms with Gasteiger partial charge in [0.05, 0.1) is 0 Å². The van der Waals surface area contributed by atoms with Gasteiger partial charge < -0.3 is 0 Å². The van der Waals surface area contributed by atoms with Gasteiger partial charge in [-0.15, -0.1) is 0 Å². The molecule has 0 aromatic carbocycles. The Balaban J connectivity index is 3.97. The Morgan fingerprint density at radius 3 is 1.93 bits per heavy atom. The molecule has 0 aromatic heterocycles. The summed E-state index contributed by atoms with van der Waals surface area (Å²) in [6.45, 7) is 4.42. The van der Waals surface area contributed by atoms with Crippen LogP contribution in [0.1, 0.15) is 46.0 Å². The van der Waals surface area contributed by atoms with Gasteiger partial charge in [-0.2, -0.15) is 0 Å². The molecule has 0 saturated heterocycles. The van der Waals surface area contributed by atoms with Crippen molar-refractivity contribution in [3.8, 4) is 6.07 Å². The number of halogens is 1. The van der Waals surface area contributed by atoms with Crippen LogP contribution in [0.25, 0.3) is 0 Å². The molecule has 0 spiro atoms. The Labute approximate surface area is 95.4 Å². The van der Waals surface area contributed by atoms with E-state index >= 15 is 0 Å². The van der Waals surface area contributed by atoms with Gasteiger partial charge in [0.15, 0.2) is 0 Å². The van der Waals surface area contributed by atoms with Gasteiger partial charge in [0.2, 0.25) is 0 Å². The van der Waals surface area contributed by atoms with Crippen LogP contribution in [0.15, 0.2) is 0 Å². The molecule has 1 nitrogen and oxygen atoms in total. The van der Waals surface area contributed by atoms with Crippen LogP contribution >= 0.6 is 10.0 Å². The van der Waals surface area contributed by atoms with Gasteiger partial charge in [-0.3, -0.25) is 0 Å². The Hall–Kier alpha value is 0.323. The summed E-state index contributed by atoms with van der Waals surface area (Å²) in [5.41, 5.74) is 0. The van der Waals surface area contributed by atoms with Crippen LogP contribution in [0, 0.1) is 11.3 Å². The average molecular weight is 276 g/mol. The maximum absolute atomic E-state index is 8.60. The van der Waals surface area contributed by atoms with E-state index in [0.29, 0.717) is 6.42 Å². The van der Waals surface area contributed by atoms with Crippen LogP contribution in [-0.4, -0.2) is 12.3 Å². The van der Waals surface area contributed by atoms with E-state index in [1.54, 1.807) is 0 Å². The van der Waals surface area contributed by atoms with Crippen LogP contribution in [0.4, 0.5) is 0 Å². The molecule has 0 amide bonds. The van der Waals surface area contributed by atoms with Gasteiger partial charge in [0.25, 0.3) is 0 Å². The Morgan fingerprint density at radius 1 is 1.07 bits per heavy atom. The molecule has 3 heteroatoms. The second-order valence-electron chi connectivity index (χ2n) is 4.02. The van der Waals surface area contributed by atoms with Crippen LogP contribution in [0.5, 0.6) is 0 Å². The molecule has 0 heterocycles. The Morgan fingerprint density at radius 2 is 1.57 bits per heavy atom. The van der Waals surface area contributed by atoms with E-state index in [-0.39, 0.29) is 0 Å². The molecule has 0 unspecified atom stereocenters. The van der Waals surface area contributed by atoms with Crippen LogP contribution < -0.4 is 0 Å². The summed E-state index contributed by atoms with van der Waals surface area (Å²) in [4.78, 5) is 0. The molecule has 0 radical (unpaired) electrons. The molecule has 0 aliphatic carbocycles. The van der Waals surface area contributed by atoms with Crippen molar-refractivity contribution in [2.75, 3.05) is 0 Å². The van der Waals surface area contributed by atoms with Crippen molar-refractivity contribution in [2.24, 2.45) is 0 Å². The Kier molecular flexibility index (Phi) is 8.82. The third-order valence-electron chi connectivity index (χ3n) is 2.64. The van der Waals surface area contributed by atoms with E-state index in [1.165, 1.54) is 36.2 Å². The zero-order valence-corrected chi connectivity index (χ0v) is 12.3. The van der Waals surface area contributed by atoms with Gasteiger partial charge in [-0.25, -0.2) is 0 Å². The summed E-state index contributed by atoms with van der Waals surface area (Å²) in [5.74, 6) is 0. The quantitative estimate of drug-likeness (QED) is 0.590. The van der Waals surface area contributed by atoms with Gasteiger partial charge in [0.1, 0.15) is 0 Å².